The van der Waals surface area contributed by atoms with Crippen LogP contribution in [0.1, 0.15) is 32.1 Å². The Morgan fingerprint density at radius 3 is 2.26 bits per heavy atom. The van der Waals surface area contributed by atoms with E-state index >= 15 is 0 Å². The maximum Gasteiger partial charge on any atom is 0.241 e. The highest BCUT2D eigenvalue weighted by molar-refractivity contribution is 7.93. The lowest BCUT2D eigenvalue weighted by atomic mass is 10.1. The normalized spacial score (nSPS) is 16.9. The molecule has 1 aromatic carbocycles. The molecule has 2 fully saturated rings. The number of pyridine rings is 1. The molecule has 2 aliphatic rings. The third-order valence-electron chi connectivity index (χ3n) is 5.65. The summed E-state index contributed by atoms with van der Waals surface area (Å²) in [6.45, 7) is 3.82. The number of carbonyl (C=O) groups is 1. The first-order valence-corrected chi connectivity index (χ1v) is 12.5. The molecule has 0 spiro atoms. The van der Waals surface area contributed by atoms with E-state index in [0.29, 0.717) is 17.2 Å². The van der Waals surface area contributed by atoms with E-state index < -0.39 is 21.7 Å². The fraction of sp³-hybridized carbons (Fsp3) is 0.455. The second-order valence-electron chi connectivity index (χ2n) is 8.07. The lowest BCUT2D eigenvalue weighted by Crippen LogP contribution is -2.29. The number of benzene rings is 1. The summed E-state index contributed by atoms with van der Waals surface area (Å²) >= 11 is 0. The van der Waals surface area contributed by atoms with Crippen molar-refractivity contribution in [1.82, 2.24) is 4.98 Å². The number of nitrogens with one attached hydrogen (secondary N) is 2. The average Bonchev–Trinajstić information content (AvgIpc) is 3.29. The minimum Gasteiger partial charge on any atom is -0.372 e. The summed E-state index contributed by atoms with van der Waals surface area (Å²) in [5, 5.41) is 2.71. The number of anilines is 4. The van der Waals surface area contributed by atoms with Gasteiger partial charge in [-0.1, -0.05) is 0 Å². The van der Waals surface area contributed by atoms with Gasteiger partial charge < -0.3 is 15.1 Å². The summed E-state index contributed by atoms with van der Waals surface area (Å²) in [6.07, 6.45) is 7.46. The summed E-state index contributed by atoms with van der Waals surface area (Å²) in [7, 11) is -3.83. The van der Waals surface area contributed by atoms with Crippen LogP contribution in [0.3, 0.4) is 0 Å². The standard InChI is InChI=1S/C22H29N5O3S/c28-21(24-20-7-6-12-23-22(20)27-15-4-5-16-27)17-31(29,30)25-18-8-10-19(11-9-18)26-13-2-1-3-14-26/h6-12,25H,1-5,13-17H2,(H,24,28). The van der Waals surface area contributed by atoms with Crippen LogP contribution in [-0.2, 0) is 14.8 Å². The van der Waals surface area contributed by atoms with Crippen molar-refractivity contribution < 1.29 is 13.2 Å². The maximum absolute atomic E-state index is 12.5. The number of aromatic nitrogens is 1. The molecular formula is C22H29N5O3S. The molecule has 31 heavy (non-hydrogen) atoms. The van der Waals surface area contributed by atoms with Crippen molar-refractivity contribution in [2.75, 3.05) is 51.8 Å². The average molecular weight is 444 g/mol. The molecule has 0 atom stereocenters. The van der Waals surface area contributed by atoms with E-state index in [1.165, 1.54) is 19.3 Å². The molecule has 0 aliphatic carbocycles. The molecule has 4 rings (SSSR count). The third-order valence-corrected chi connectivity index (χ3v) is 6.84. The molecule has 9 heteroatoms. The maximum atomic E-state index is 12.5. The Morgan fingerprint density at radius 2 is 1.55 bits per heavy atom. The van der Waals surface area contributed by atoms with E-state index in [1.54, 1.807) is 30.5 Å². The quantitative estimate of drug-likeness (QED) is 0.683. The van der Waals surface area contributed by atoms with Gasteiger partial charge in [0.2, 0.25) is 15.9 Å². The zero-order chi connectivity index (χ0) is 21.7. The van der Waals surface area contributed by atoms with Crippen molar-refractivity contribution >= 4 is 38.8 Å². The molecule has 0 saturated carbocycles. The lowest BCUT2D eigenvalue weighted by molar-refractivity contribution is -0.113. The minimum absolute atomic E-state index is 0.452. The van der Waals surface area contributed by atoms with E-state index in [2.05, 4.69) is 24.8 Å². The van der Waals surface area contributed by atoms with Crippen molar-refractivity contribution in [1.29, 1.82) is 0 Å². The van der Waals surface area contributed by atoms with E-state index in [4.69, 9.17) is 0 Å². The summed E-state index contributed by atoms with van der Waals surface area (Å²) < 4.78 is 27.5. The van der Waals surface area contributed by atoms with Gasteiger partial charge in [0.1, 0.15) is 5.75 Å². The van der Waals surface area contributed by atoms with Crippen LogP contribution < -0.4 is 19.8 Å². The van der Waals surface area contributed by atoms with Crippen LogP contribution in [-0.4, -0.2) is 51.2 Å². The monoisotopic (exact) mass is 443 g/mol. The van der Waals surface area contributed by atoms with Crippen LogP contribution in [0.2, 0.25) is 0 Å². The van der Waals surface area contributed by atoms with E-state index in [9.17, 15) is 13.2 Å². The van der Waals surface area contributed by atoms with Gasteiger partial charge >= 0.3 is 0 Å². The van der Waals surface area contributed by atoms with Crippen LogP contribution in [0.15, 0.2) is 42.6 Å². The van der Waals surface area contributed by atoms with Crippen LogP contribution in [0.4, 0.5) is 22.9 Å². The van der Waals surface area contributed by atoms with Crippen molar-refractivity contribution in [3.05, 3.63) is 42.6 Å². The van der Waals surface area contributed by atoms with Crippen molar-refractivity contribution in [3.63, 3.8) is 0 Å². The van der Waals surface area contributed by atoms with Crippen molar-refractivity contribution in [2.45, 2.75) is 32.1 Å². The second-order valence-corrected chi connectivity index (χ2v) is 9.79. The van der Waals surface area contributed by atoms with Crippen LogP contribution in [0.5, 0.6) is 0 Å². The minimum atomic E-state index is -3.83. The Balaban J connectivity index is 1.36. The summed E-state index contributed by atoms with van der Waals surface area (Å²) in [6, 6.07) is 10.8. The van der Waals surface area contributed by atoms with Crippen molar-refractivity contribution in [3.8, 4) is 0 Å². The molecule has 0 unspecified atom stereocenters. The lowest BCUT2D eigenvalue weighted by Gasteiger charge is -2.28. The number of piperidine rings is 1. The fourth-order valence-corrected chi connectivity index (χ4v) is 5.13. The molecule has 3 heterocycles. The first kappa shape index (κ1) is 21.4. The number of hydrogen-bond donors (Lipinski definition) is 2. The summed E-state index contributed by atoms with van der Waals surface area (Å²) in [5.74, 6) is -0.562. The largest absolute Gasteiger partial charge is 0.372 e. The number of nitrogens with zero attached hydrogens (tertiary/aromatic N) is 3. The first-order valence-electron chi connectivity index (χ1n) is 10.9. The van der Waals surface area contributed by atoms with Crippen molar-refractivity contribution in [2.24, 2.45) is 0 Å². The highest BCUT2D eigenvalue weighted by Gasteiger charge is 2.21. The molecule has 1 aromatic heterocycles. The molecule has 2 aromatic rings. The molecule has 2 N–H and O–H groups in total. The number of hydrogen-bond acceptors (Lipinski definition) is 6. The Bertz CT molecular complexity index is 998. The molecule has 0 radical (unpaired) electrons. The molecule has 166 valence electrons. The van der Waals surface area contributed by atoms with Gasteiger partial charge in [-0.2, -0.15) is 0 Å². The molecular weight excluding hydrogens is 414 g/mol. The highest BCUT2D eigenvalue weighted by Crippen LogP contribution is 2.26. The van der Waals surface area contributed by atoms with Gasteiger partial charge in [-0.3, -0.25) is 9.52 Å². The van der Waals surface area contributed by atoms with Crippen LogP contribution in [0, 0.1) is 0 Å². The van der Waals surface area contributed by atoms with Gasteiger partial charge in [0.15, 0.2) is 5.82 Å². The molecule has 2 aliphatic heterocycles. The van der Waals surface area contributed by atoms with E-state index in [1.807, 2.05) is 12.1 Å². The summed E-state index contributed by atoms with van der Waals surface area (Å²) in [5.41, 5.74) is 2.08. The molecule has 2 saturated heterocycles. The van der Waals surface area contributed by atoms with Gasteiger partial charge in [0.05, 0.1) is 5.69 Å². The topological polar surface area (TPSA) is 94.6 Å². The molecule has 0 bridgehead atoms. The predicted molar refractivity (Wildman–Crippen MR) is 124 cm³/mol. The van der Waals surface area contributed by atoms with E-state index in [-0.39, 0.29) is 0 Å². The number of amides is 1. The number of sulfonamides is 1. The third kappa shape index (κ3) is 5.66. The van der Waals surface area contributed by atoms with Gasteiger partial charge in [-0.05, 0) is 68.5 Å². The van der Waals surface area contributed by atoms with Gasteiger partial charge in [-0.25, -0.2) is 13.4 Å². The zero-order valence-electron chi connectivity index (χ0n) is 17.6. The summed E-state index contributed by atoms with van der Waals surface area (Å²) in [4.78, 5) is 21.2. The van der Waals surface area contributed by atoms with Gasteiger partial charge in [-0.15, -0.1) is 0 Å². The Kier molecular flexibility index (Phi) is 6.60. The van der Waals surface area contributed by atoms with Crippen LogP contribution in [0.25, 0.3) is 0 Å². The zero-order valence-corrected chi connectivity index (χ0v) is 18.4. The van der Waals surface area contributed by atoms with Gasteiger partial charge in [0, 0.05) is 43.8 Å². The Hall–Kier alpha value is -2.81. The number of carbonyl (C=O) groups excluding carboxylic acids is 1. The predicted octanol–water partition coefficient (Wildman–Crippen LogP) is 3.05. The molecule has 8 nitrogen and oxygen atoms in total. The Labute approximate surface area is 183 Å². The SMILES string of the molecule is O=C(CS(=O)(=O)Nc1ccc(N2CCCCC2)cc1)Nc1cccnc1N1CCCC1. The van der Waals surface area contributed by atoms with E-state index in [0.717, 1.165) is 44.7 Å². The fourth-order valence-electron chi connectivity index (χ4n) is 4.14. The smallest absolute Gasteiger partial charge is 0.241 e. The molecule has 1 amide bonds. The Morgan fingerprint density at radius 1 is 0.903 bits per heavy atom. The second kappa shape index (κ2) is 9.55. The highest BCUT2D eigenvalue weighted by atomic mass is 32.2. The number of rotatable bonds is 7. The van der Waals surface area contributed by atoms with Crippen LogP contribution >= 0.6 is 0 Å². The first-order chi connectivity index (χ1) is 15.0. The van der Waals surface area contributed by atoms with Gasteiger partial charge in [0.25, 0.3) is 0 Å².